The quantitative estimate of drug-likeness (QED) is 0.744. The number of hydrogen-bond donors (Lipinski definition) is 1. The van der Waals surface area contributed by atoms with Gasteiger partial charge in [-0.15, -0.1) is 0 Å². The van der Waals surface area contributed by atoms with E-state index in [1.54, 1.807) is 21.0 Å². The Morgan fingerprint density at radius 1 is 1.29 bits per heavy atom. The number of halogens is 3. The third-order valence-corrected chi connectivity index (χ3v) is 2.73. The molecule has 0 bridgehead atoms. The van der Waals surface area contributed by atoms with E-state index in [4.69, 9.17) is 4.74 Å². The van der Waals surface area contributed by atoms with E-state index in [0.717, 1.165) is 10.5 Å². The molecule has 120 valence electrons. The Morgan fingerprint density at radius 3 is 2.38 bits per heavy atom. The number of hydrogen-bond acceptors (Lipinski definition) is 5. The van der Waals surface area contributed by atoms with E-state index in [0.29, 0.717) is 19.7 Å². The van der Waals surface area contributed by atoms with E-state index in [1.807, 2.05) is 0 Å². The van der Waals surface area contributed by atoms with Crippen LogP contribution in [-0.4, -0.2) is 49.0 Å². The molecule has 0 aromatic carbocycles. The molecule has 0 radical (unpaired) electrons. The van der Waals surface area contributed by atoms with Crippen molar-refractivity contribution in [1.29, 1.82) is 0 Å². The van der Waals surface area contributed by atoms with E-state index in [-0.39, 0.29) is 12.0 Å². The molecule has 0 amide bonds. The molecule has 5 nitrogen and oxygen atoms in total. The van der Waals surface area contributed by atoms with Gasteiger partial charge in [-0.2, -0.15) is 13.2 Å². The van der Waals surface area contributed by atoms with Gasteiger partial charge in [0.05, 0.1) is 6.61 Å². The molecule has 1 N–H and O–H groups in total. The molecule has 0 aliphatic carbocycles. The second kappa shape index (κ2) is 8.14. The summed E-state index contributed by atoms with van der Waals surface area (Å²) in [4.78, 5) is 9.18. The van der Waals surface area contributed by atoms with Crippen molar-refractivity contribution in [2.75, 3.05) is 31.7 Å². The van der Waals surface area contributed by atoms with Gasteiger partial charge in [0.2, 0.25) is 5.95 Å². The van der Waals surface area contributed by atoms with Gasteiger partial charge in [0.1, 0.15) is 6.54 Å². The number of nitrogens with zero attached hydrogens (tertiary/aromatic N) is 3. The first-order valence-corrected chi connectivity index (χ1v) is 6.67. The van der Waals surface area contributed by atoms with Crippen molar-refractivity contribution in [3.8, 4) is 0 Å². The minimum absolute atomic E-state index is 0.0861. The highest BCUT2D eigenvalue weighted by molar-refractivity contribution is 5.31. The highest BCUT2D eigenvalue weighted by atomic mass is 19.4. The maximum atomic E-state index is 12.6. The van der Waals surface area contributed by atoms with Gasteiger partial charge in [0.15, 0.2) is 0 Å². The summed E-state index contributed by atoms with van der Waals surface area (Å²) in [5.74, 6) is 0.0861. The second-order valence-corrected chi connectivity index (χ2v) is 4.90. The van der Waals surface area contributed by atoms with Crippen LogP contribution >= 0.6 is 0 Å². The summed E-state index contributed by atoms with van der Waals surface area (Å²) >= 11 is 0. The van der Waals surface area contributed by atoms with E-state index in [9.17, 15) is 13.2 Å². The molecule has 0 spiro atoms. The van der Waals surface area contributed by atoms with Crippen LogP contribution in [0.4, 0.5) is 19.1 Å². The summed E-state index contributed by atoms with van der Waals surface area (Å²) in [5, 5.41) is 3.11. The molecule has 0 unspecified atom stereocenters. The fraction of sp³-hybridized carbons (Fsp3) is 0.692. The van der Waals surface area contributed by atoms with E-state index in [2.05, 4.69) is 15.3 Å². The van der Waals surface area contributed by atoms with Crippen LogP contribution in [0, 0.1) is 0 Å². The molecule has 21 heavy (non-hydrogen) atoms. The molecule has 0 aliphatic rings. The van der Waals surface area contributed by atoms with Crippen LogP contribution in [0.1, 0.15) is 19.4 Å². The highest BCUT2D eigenvalue weighted by Crippen LogP contribution is 2.21. The normalized spacial score (nSPS) is 12.0. The maximum Gasteiger partial charge on any atom is 0.406 e. The molecule has 0 saturated carbocycles. The topological polar surface area (TPSA) is 50.3 Å². The van der Waals surface area contributed by atoms with Gasteiger partial charge < -0.3 is 15.0 Å². The first kappa shape index (κ1) is 17.6. The minimum atomic E-state index is -4.28. The Bertz CT molecular complexity index is 409. The lowest BCUT2D eigenvalue weighted by Gasteiger charge is -2.27. The van der Waals surface area contributed by atoms with Crippen LogP contribution in [0.15, 0.2) is 12.4 Å². The molecular weight excluding hydrogens is 285 g/mol. The number of anilines is 1. The third kappa shape index (κ3) is 6.72. The van der Waals surface area contributed by atoms with Crippen molar-refractivity contribution in [1.82, 2.24) is 15.3 Å². The second-order valence-electron chi connectivity index (χ2n) is 4.90. The average Bonchev–Trinajstić information content (AvgIpc) is 2.41. The summed E-state index contributed by atoms with van der Waals surface area (Å²) in [6, 6.07) is -0.336. The Hall–Kier alpha value is -1.41. The van der Waals surface area contributed by atoms with Crippen molar-refractivity contribution in [3.63, 3.8) is 0 Å². The van der Waals surface area contributed by atoms with Crippen LogP contribution in [0.3, 0.4) is 0 Å². The molecule has 0 atom stereocenters. The Morgan fingerprint density at radius 2 is 1.90 bits per heavy atom. The zero-order valence-electron chi connectivity index (χ0n) is 12.4. The Kier molecular flexibility index (Phi) is 6.83. The lowest BCUT2D eigenvalue weighted by molar-refractivity contribution is -0.120. The van der Waals surface area contributed by atoms with Crippen molar-refractivity contribution in [2.24, 2.45) is 0 Å². The monoisotopic (exact) mass is 306 g/mol. The average molecular weight is 306 g/mol. The Balaban J connectivity index is 2.65. The van der Waals surface area contributed by atoms with Crippen LogP contribution in [0.2, 0.25) is 0 Å². The highest BCUT2D eigenvalue weighted by Gasteiger charge is 2.33. The first-order chi connectivity index (χ1) is 9.83. The molecule has 1 rings (SSSR count). The first-order valence-electron chi connectivity index (χ1n) is 6.67. The summed E-state index contributed by atoms with van der Waals surface area (Å²) < 4.78 is 42.5. The number of rotatable bonds is 8. The predicted molar refractivity (Wildman–Crippen MR) is 74.2 cm³/mol. The molecular formula is C13H21F3N4O. The Labute approximate surface area is 122 Å². The largest absolute Gasteiger partial charge is 0.406 e. The summed E-state index contributed by atoms with van der Waals surface area (Å²) in [5.41, 5.74) is 0.811. The van der Waals surface area contributed by atoms with Crippen LogP contribution in [0.25, 0.3) is 0 Å². The predicted octanol–water partition coefficient (Wildman–Crippen LogP) is 1.99. The third-order valence-electron chi connectivity index (χ3n) is 2.73. The maximum absolute atomic E-state index is 12.6. The fourth-order valence-electron chi connectivity index (χ4n) is 1.67. The minimum Gasteiger partial charge on any atom is -0.383 e. The molecule has 1 aromatic rings. The number of alkyl halides is 3. The summed E-state index contributed by atoms with van der Waals surface area (Å²) in [7, 11) is 1.61. The molecule has 0 aliphatic heterocycles. The van der Waals surface area contributed by atoms with E-state index in [1.165, 1.54) is 12.4 Å². The van der Waals surface area contributed by atoms with Gasteiger partial charge in [-0.05, 0) is 13.8 Å². The van der Waals surface area contributed by atoms with Crippen molar-refractivity contribution < 1.29 is 17.9 Å². The zero-order chi connectivity index (χ0) is 15.9. The van der Waals surface area contributed by atoms with Gasteiger partial charge in [0, 0.05) is 44.2 Å². The van der Waals surface area contributed by atoms with Gasteiger partial charge in [-0.1, -0.05) is 0 Å². The van der Waals surface area contributed by atoms with Gasteiger partial charge in [-0.3, -0.25) is 0 Å². The summed E-state index contributed by atoms with van der Waals surface area (Å²) in [6.07, 6.45) is -1.21. The van der Waals surface area contributed by atoms with Crippen molar-refractivity contribution in [3.05, 3.63) is 18.0 Å². The molecule has 0 saturated heterocycles. The SMILES string of the molecule is COCCNCc1cnc(N(CC(F)(F)F)C(C)C)nc1. The fourth-order valence-corrected chi connectivity index (χ4v) is 1.67. The summed E-state index contributed by atoms with van der Waals surface area (Å²) in [6.45, 7) is 4.11. The number of aromatic nitrogens is 2. The van der Waals surface area contributed by atoms with Gasteiger partial charge in [-0.25, -0.2) is 9.97 Å². The van der Waals surface area contributed by atoms with E-state index < -0.39 is 12.7 Å². The molecule has 1 heterocycles. The van der Waals surface area contributed by atoms with Crippen molar-refractivity contribution >= 4 is 5.95 Å². The zero-order valence-corrected chi connectivity index (χ0v) is 12.4. The van der Waals surface area contributed by atoms with Gasteiger partial charge >= 0.3 is 6.18 Å². The van der Waals surface area contributed by atoms with Crippen LogP contribution in [-0.2, 0) is 11.3 Å². The molecule has 1 aromatic heterocycles. The van der Waals surface area contributed by atoms with Crippen LogP contribution in [0.5, 0.6) is 0 Å². The smallest absolute Gasteiger partial charge is 0.383 e. The standard InChI is InChI=1S/C13H21F3N4O/c1-10(2)20(9-13(14,15)16)12-18-7-11(8-19-12)6-17-4-5-21-3/h7-8,10,17H,4-6,9H2,1-3H3. The lowest BCUT2D eigenvalue weighted by atomic mass is 10.3. The molecule has 0 fully saturated rings. The van der Waals surface area contributed by atoms with Crippen molar-refractivity contribution in [2.45, 2.75) is 32.6 Å². The number of ether oxygens (including phenoxy) is 1. The number of nitrogens with one attached hydrogen (secondary N) is 1. The van der Waals surface area contributed by atoms with Crippen LogP contribution < -0.4 is 10.2 Å². The number of methoxy groups -OCH3 is 1. The van der Waals surface area contributed by atoms with E-state index >= 15 is 0 Å². The lowest BCUT2D eigenvalue weighted by Crippen LogP contribution is -2.40. The van der Waals surface area contributed by atoms with Gasteiger partial charge in [0.25, 0.3) is 0 Å². The molecule has 8 heteroatoms.